The van der Waals surface area contributed by atoms with Crippen LogP contribution in [0.25, 0.3) is 0 Å². The minimum Gasteiger partial charge on any atom is -0.341 e. The maximum Gasteiger partial charge on any atom is 0.219 e. The van der Waals surface area contributed by atoms with Crippen LogP contribution in [0.2, 0.25) is 0 Å². The zero-order chi connectivity index (χ0) is 17.2. The Morgan fingerprint density at radius 1 is 0.833 bits per heavy atom. The van der Waals surface area contributed by atoms with Crippen LogP contribution >= 0.6 is 9.24 Å². The Kier molecular flexibility index (Phi) is 7.94. The summed E-state index contributed by atoms with van der Waals surface area (Å²) in [5.41, 5.74) is 2.60. The molecule has 0 aliphatic carbocycles. The third kappa shape index (κ3) is 6.43. The molecular weight excluding hydrogens is 315 g/mol. The van der Waals surface area contributed by atoms with Crippen LogP contribution in [-0.4, -0.2) is 41.5 Å². The Balaban J connectivity index is 2.02. The minimum atomic E-state index is 0.150. The molecule has 0 spiro atoms. The van der Waals surface area contributed by atoms with E-state index < -0.39 is 0 Å². The summed E-state index contributed by atoms with van der Waals surface area (Å²) in [6.07, 6.45) is 0.914. The highest BCUT2D eigenvalue weighted by Crippen LogP contribution is 2.10. The predicted molar refractivity (Wildman–Crippen MR) is 104 cm³/mol. The lowest BCUT2D eigenvalue weighted by Gasteiger charge is -2.27. The van der Waals surface area contributed by atoms with Crippen molar-refractivity contribution in [3.8, 4) is 0 Å². The van der Waals surface area contributed by atoms with Crippen LogP contribution in [0.15, 0.2) is 60.7 Å². The minimum absolute atomic E-state index is 0.150. The van der Waals surface area contributed by atoms with Gasteiger partial charge < -0.3 is 4.90 Å². The van der Waals surface area contributed by atoms with E-state index in [0.29, 0.717) is 0 Å². The first-order chi connectivity index (χ1) is 11.7. The van der Waals surface area contributed by atoms with Gasteiger partial charge in [0, 0.05) is 39.6 Å². The van der Waals surface area contributed by atoms with Crippen LogP contribution < -0.4 is 0 Å². The van der Waals surface area contributed by atoms with Crippen molar-refractivity contribution >= 4 is 15.1 Å². The van der Waals surface area contributed by atoms with E-state index in [0.717, 1.165) is 38.9 Å². The van der Waals surface area contributed by atoms with Gasteiger partial charge in [-0.05, 0) is 17.3 Å². The molecule has 128 valence electrons. The van der Waals surface area contributed by atoms with Crippen LogP contribution in [0.1, 0.15) is 18.1 Å². The third-order valence-electron chi connectivity index (χ3n) is 4.03. The number of rotatable bonds is 9. The van der Waals surface area contributed by atoms with E-state index >= 15 is 0 Å². The van der Waals surface area contributed by atoms with Crippen molar-refractivity contribution in [3.05, 3.63) is 71.8 Å². The molecule has 2 aromatic rings. The molecule has 4 heteroatoms. The van der Waals surface area contributed by atoms with Gasteiger partial charge in [0.2, 0.25) is 5.91 Å². The Labute approximate surface area is 147 Å². The van der Waals surface area contributed by atoms with E-state index in [1.807, 2.05) is 17.0 Å². The van der Waals surface area contributed by atoms with Gasteiger partial charge in [0.25, 0.3) is 0 Å². The monoisotopic (exact) mass is 342 g/mol. The number of hydrogen-bond donors (Lipinski definition) is 0. The molecule has 0 aliphatic rings. The molecule has 0 heterocycles. The highest BCUT2D eigenvalue weighted by Gasteiger charge is 2.12. The molecule has 0 saturated heterocycles. The van der Waals surface area contributed by atoms with Gasteiger partial charge in [-0.1, -0.05) is 60.7 Å². The second-order valence-electron chi connectivity index (χ2n) is 5.98. The lowest BCUT2D eigenvalue weighted by Crippen LogP contribution is -2.38. The average molecular weight is 342 g/mol. The summed E-state index contributed by atoms with van der Waals surface area (Å²) >= 11 is 0. The smallest absolute Gasteiger partial charge is 0.219 e. The van der Waals surface area contributed by atoms with Crippen molar-refractivity contribution in [1.82, 2.24) is 9.80 Å². The molecule has 0 N–H and O–H groups in total. The Morgan fingerprint density at radius 3 is 1.75 bits per heavy atom. The lowest BCUT2D eigenvalue weighted by atomic mass is 10.1. The first kappa shape index (κ1) is 18.6. The molecule has 0 radical (unpaired) electrons. The molecular formula is C20H27N2OP. The lowest BCUT2D eigenvalue weighted by molar-refractivity contribution is -0.128. The van der Waals surface area contributed by atoms with Crippen molar-refractivity contribution in [2.24, 2.45) is 0 Å². The molecule has 1 atom stereocenters. The summed E-state index contributed by atoms with van der Waals surface area (Å²) in [7, 11) is 2.70. The van der Waals surface area contributed by atoms with E-state index in [1.54, 1.807) is 6.92 Å². The fourth-order valence-electron chi connectivity index (χ4n) is 2.74. The van der Waals surface area contributed by atoms with Crippen molar-refractivity contribution < 1.29 is 4.79 Å². The number of carbonyl (C=O) groups excluding carboxylic acids is 1. The quantitative estimate of drug-likeness (QED) is 0.652. The van der Waals surface area contributed by atoms with Gasteiger partial charge in [-0.3, -0.25) is 9.69 Å². The molecule has 2 rings (SSSR count). The Hall–Kier alpha value is -1.70. The first-order valence-electron chi connectivity index (χ1n) is 8.45. The Morgan fingerprint density at radius 2 is 1.33 bits per heavy atom. The summed E-state index contributed by atoms with van der Waals surface area (Å²) in [6, 6.07) is 21.0. The van der Waals surface area contributed by atoms with E-state index in [1.165, 1.54) is 11.1 Å². The van der Waals surface area contributed by atoms with Crippen LogP contribution in [0.3, 0.4) is 0 Å². The molecule has 0 bridgehead atoms. The summed E-state index contributed by atoms with van der Waals surface area (Å²) < 4.78 is 0. The highest BCUT2D eigenvalue weighted by molar-refractivity contribution is 7.16. The number of nitrogens with zero attached hydrogens (tertiary/aromatic N) is 2. The van der Waals surface area contributed by atoms with Crippen molar-refractivity contribution in [2.45, 2.75) is 20.0 Å². The van der Waals surface area contributed by atoms with E-state index in [-0.39, 0.29) is 5.91 Å². The standard InChI is InChI=1S/C20H27N2OP/c1-18(23)22(14-15-24)13-12-21(16-19-8-4-2-5-9-19)17-20-10-6-3-7-11-20/h2-11H,12-17,24H2,1H3. The summed E-state index contributed by atoms with van der Waals surface area (Å²) in [5, 5.41) is 0. The fraction of sp³-hybridized carbons (Fsp3) is 0.350. The number of carbonyl (C=O) groups is 1. The van der Waals surface area contributed by atoms with Crippen molar-refractivity contribution in [2.75, 3.05) is 25.8 Å². The number of amides is 1. The Bertz CT molecular complexity index is 562. The van der Waals surface area contributed by atoms with Gasteiger partial charge in [0.1, 0.15) is 0 Å². The highest BCUT2D eigenvalue weighted by atomic mass is 31.0. The van der Waals surface area contributed by atoms with Crippen LogP contribution in [-0.2, 0) is 17.9 Å². The fourth-order valence-corrected chi connectivity index (χ4v) is 3.05. The molecule has 3 nitrogen and oxygen atoms in total. The third-order valence-corrected chi connectivity index (χ3v) is 4.29. The van der Waals surface area contributed by atoms with Crippen molar-refractivity contribution in [3.63, 3.8) is 0 Å². The van der Waals surface area contributed by atoms with Gasteiger partial charge in [-0.25, -0.2) is 0 Å². The van der Waals surface area contributed by atoms with E-state index in [4.69, 9.17) is 0 Å². The van der Waals surface area contributed by atoms with Gasteiger partial charge >= 0.3 is 0 Å². The SMILES string of the molecule is CC(=O)N(CCP)CCN(Cc1ccccc1)Cc1ccccc1. The molecule has 2 aromatic carbocycles. The van der Waals surface area contributed by atoms with Crippen LogP contribution in [0.5, 0.6) is 0 Å². The van der Waals surface area contributed by atoms with Crippen LogP contribution in [0.4, 0.5) is 0 Å². The average Bonchev–Trinajstić information content (AvgIpc) is 2.60. The summed E-state index contributed by atoms with van der Waals surface area (Å²) in [5.74, 6) is 0.150. The van der Waals surface area contributed by atoms with E-state index in [2.05, 4.69) is 62.7 Å². The second kappa shape index (κ2) is 10.2. The predicted octanol–water partition coefficient (Wildman–Crippen LogP) is 3.41. The molecule has 0 aromatic heterocycles. The number of hydrogen-bond acceptors (Lipinski definition) is 2. The van der Waals surface area contributed by atoms with Gasteiger partial charge in [0.15, 0.2) is 0 Å². The first-order valence-corrected chi connectivity index (χ1v) is 9.26. The zero-order valence-electron chi connectivity index (χ0n) is 14.4. The molecule has 1 unspecified atom stereocenters. The second-order valence-corrected chi connectivity index (χ2v) is 6.55. The largest absolute Gasteiger partial charge is 0.341 e. The van der Waals surface area contributed by atoms with Gasteiger partial charge in [-0.15, -0.1) is 9.24 Å². The molecule has 1 amide bonds. The summed E-state index contributed by atoms with van der Waals surface area (Å²) in [4.78, 5) is 16.1. The van der Waals surface area contributed by atoms with Gasteiger partial charge in [-0.2, -0.15) is 0 Å². The molecule has 0 aliphatic heterocycles. The maximum absolute atomic E-state index is 11.8. The maximum atomic E-state index is 11.8. The zero-order valence-corrected chi connectivity index (χ0v) is 15.6. The van der Waals surface area contributed by atoms with Gasteiger partial charge in [0.05, 0.1) is 0 Å². The topological polar surface area (TPSA) is 23.6 Å². The summed E-state index contributed by atoms with van der Waals surface area (Å²) in [6.45, 7) is 5.87. The van der Waals surface area contributed by atoms with Crippen LogP contribution in [0, 0.1) is 0 Å². The van der Waals surface area contributed by atoms with Crippen molar-refractivity contribution in [1.29, 1.82) is 0 Å². The normalized spacial score (nSPS) is 10.8. The molecule has 24 heavy (non-hydrogen) atoms. The molecule has 0 fully saturated rings. The van der Waals surface area contributed by atoms with E-state index in [9.17, 15) is 4.79 Å². The molecule has 0 saturated carbocycles. The number of benzene rings is 2.